The van der Waals surface area contributed by atoms with Gasteiger partial charge >= 0.3 is 5.97 Å². The number of hydrogen-bond acceptors (Lipinski definition) is 4. The molecule has 3 rings (SSSR count). The molecular formula is C14H18N2O4. The van der Waals surface area contributed by atoms with Gasteiger partial charge in [-0.3, -0.25) is 9.69 Å². The second-order valence-corrected chi connectivity index (χ2v) is 5.56. The molecule has 2 fully saturated rings. The van der Waals surface area contributed by atoms with Gasteiger partial charge in [0.25, 0.3) is 5.91 Å². The molecule has 3 heterocycles. The summed E-state index contributed by atoms with van der Waals surface area (Å²) in [7, 11) is 2.12. The molecule has 0 aromatic carbocycles. The summed E-state index contributed by atoms with van der Waals surface area (Å²) in [5.74, 6) is -1.44. The molecule has 0 aliphatic carbocycles. The number of carboxylic acid groups (broad SMARTS) is 1. The molecule has 108 valence electrons. The van der Waals surface area contributed by atoms with Gasteiger partial charge in [0.15, 0.2) is 5.76 Å². The van der Waals surface area contributed by atoms with Gasteiger partial charge in [0, 0.05) is 25.2 Å². The molecule has 1 aromatic heterocycles. The first-order valence-electron chi connectivity index (χ1n) is 6.90. The zero-order chi connectivity index (χ0) is 14.3. The van der Waals surface area contributed by atoms with Crippen LogP contribution in [0.5, 0.6) is 0 Å². The van der Waals surface area contributed by atoms with Crippen LogP contribution >= 0.6 is 0 Å². The minimum atomic E-state index is -1.15. The first kappa shape index (κ1) is 13.2. The Labute approximate surface area is 117 Å². The summed E-state index contributed by atoms with van der Waals surface area (Å²) in [4.78, 5) is 27.3. The number of carbonyl (C=O) groups is 2. The van der Waals surface area contributed by atoms with Crippen LogP contribution in [0.2, 0.25) is 0 Å². The summed E-state index contributed by atoms with van der Waals surface area (Å²) in [5.41, 5.74) is 0. The van der Waals surface area contributed by atoms with Crippen molar-refractivity contribution in [2.75, 3.05) is 20.1 Å². The van der Waals surface area contributed by atoms with Crippen molar-refractivity contribution in [2.24, 2.45) is 0 Å². The number of amides is 1. The first-order valence-corrected chi connectivity index (χ1v) is 6.90. The predicted octanol–water partition coefficient (Wildman–Crippen LogP) is 1.29. The molecule has 2 unspecified atom stereocenters. The average molecular weight is 278 g/mol. The molecular weight excluding hydrogens is 260 g/mol. The number of carboxylic acids is 1. The number of nitrogens with zero attached hydrogens (tertiary/aromatic N) is 2. The molecule has 6 nitrogen and oxygen atoms in total. The van der Waals surface area contributed by atoms with Crippen molar-refractivity contribution in [3.05, 3.63) is 23.7 Å². The molecule has 2 saturated heterocycles. The maximum absolute atomic E-state index is 12.4. The summed E-state index contributed by atoms with van der Waals surface area (Å²) >= 11 is 0. The van der Waals surface area contributed by atoms with E-state index in [0.717, 1.165) is 12.8 Å². The lowest BCUT2D eigenvalue weighted by molar-refractivity contribution is 0.0646. The number of aromatic carboxylic acids is 1. The first-order chi connectivity index (χ1) is 9.56. The van der Waals surface area contributed by atoms with Crippen LogP contribution < -0.4 is 0 Å². The zero-order valence-electron chi connectivity index (χ0n) is 11.4. The molecule has 20 heavy (non-hydrogen) atoms. The highest BCUT2D eigenvalue weighted by atomic mass is 16.4. The van der Waals surface area contributed by atoms with Gasteiger partial charge in [-0.2, -0.15) is 0 Å². The van der Waals surface area contributed by atoms with E-state index >= 15 is 0 Å². The van der Waals surface area contributed by atoms with Gasteiger partial charge in [-0.1, -0.05) is 0 Å². The van der Waals surface area contributed by atoms with Crippen LogP contribution in [0.3, 0.4) is 0 Å². The summed E-state index contributed by atoms with van der Waals surface area (Å²) in [6, 6.07) is 3.73. The lowest BCUT2D eigenvalue weighted by atomic mass is 10.1. The number of likely N-dealkylation sites (tertiary alicyclic amines) is 1. The van der Waals surface area contributed by atoms with Crippen LogP contribution in [0.4, 0.5) is 0 Å². The van der Waals surface area contributed by atoms with E-state index in [9.17, 15) is 9.59 Å². The van der Waals surface area contributed by atoms with Gasteiger partial charge in [0.2, 0.25) is 5.76 Å². The highest BCUT2D eigenvalue weighted by molar-refractivity contribution is 5.93. The van der Waals surface area contributed by atoms with Crippen molar-refractivity contribution in [1.29, 1.82) is 0 Å². The fraction of sp³-hybridized carbons (Fsp3) is 0.571. The number of rotatable bonds is 2. The van der Waals surface area contributed by atoms with E-state index in [4.69, 9.17) is 9.52 Å². The van der Waals surface area contributed by atoms with Crippen molar-refractivity contribution < 1.29 is 19.1 Å². The summed E-state index contributed by atoms with van der Waals surface area (Å²) in [6.07, 6.45) is 3.28. The van der Waals surface area contributed by atoms with Crippen LogP contribution in [0.15, 0.2) is 16.5 Å². The number of fused-ring (bicyclic) bond motifs is 2. The van der Waals surface area contributed by atoms with E-state index in [1.807, 2.05) is 0 Å². The molecule has 2 atom stereocenters. The second-order valence-electron chi connectivity index (χ2n) is 5.56. The van der Waals surface area contributed by atoms with Crippen LogP contribution in [0, 0.1) is 0 Å². The van der Waals surface area contributed by atoms with Gasteiger partial charge in [-0.15, -0.1) is 0 Å². The van der Waals surface area contributed by atoms with Crippen molar-refractivity contribution in [3.8, 4) is 0 Å². The van der Waals surface area contributed by atoms with E-state index in [2.05, 4.69) is 11.9 Å². The van der Waals surface area contributed by atoms with Crippen molar-refractivity contribution in [1.82, 2.24) is 9.80 Å². The molecule has 2 bridgehead atoms. The Hall–Kier alpha value is -1.82. The number of hydrogen-bond donors (Lipinski definition) is 1. The SMILES string of the molecule is CN1C2CCC1CN(C(=O)c1ccc(C(=O)O)o1)CC2. The Kier molecular flexibility index (Phi) is 3.25. The monoisotopic (exact) mass is 278 g/mol. The molecule has 1 aromatic rings. The van der Waals surface area contributed by atoms with E-state index in [1.165, 1.54) is 18.6 Å². The topological polar surface area (TPSA) is 74.0 Å². The number of furan rings is 1. The normalized spacial score (nSPS) is 26.6. The minimum Gasteiger partial charge on any atom is -0.475 e. The quantitative estimate of drug-likeness (QED) is 0.882. The highest BCUT2D eigenvalue weighted by Gasteiger charge is 2.36. The van der Waals surface area contributed by atoms with E-state index in [-0.39, 0.29) is 17.4 Å². The minimum absolute atomic E-state index is 0.114. The third-order valence-electron chi connectivity index (χ3n) is 4.46. The average Bonchev–Trinajstić information content (AvgIpc) is 2.95. The molecule has 2 aliphatic heterocycles. The van der Waals surface area contributed by atoms with Crippen LogP contribution in [-0.2, 0) is 0 Å². The molecule has 0 saturated carbocycles. The van der Waals surface area contributed by atoms with Crippen LogP contribution in [-0.4, -0.2) is 59.0 Å². The van der Waals surface area contributed by atoms with Crippen LogP contribution in [0.1, 0.15) is 40.4 Å². The van der Waals surface area contributed by atoms with Crippen LogP contribution in [0.25, 0.3) is 0 Å². The summed E-state index contributed by atoms with van der Waals surface area (Å²) in [6.45, 7) is 1.39. The van der Waals surface area contributed by atoms with Gasteiger partial charge < -0.3 is 14.4 Å². The maximum Gasteiger partial charge on any atom is 0.371 e. The Morgan fingerprint density at radius 2 is 1.90 bits per heavy atom. The Bertz CT molecular complexity index is 539. The second kappa shape index (κ2) is 4.94. The number of likely N-dealkylation sites (N-methyl/N-ethyl adjacent to an activating group) is 1. The van der Waals surface area contributed by atoms with Gasteiger partial charge in [-0.05, 0) is 38.4 Å². The fourth-order valence-electron chi connectivity index (χ4n) is 3.22. The largest absolute Gasteiger partial charge is 0.475 e. The third-order valence-corrected chi connectivity index (χ3v) is 4.46. The molecule has 0 spiro atoms. The summed E-state index contributed by atoms with van der Waals surface area (Å²) < 4.78 is 5.10. The maximum atomic E-state index is 12.4. The van der Waals surface area contributed by atoms with E-state index in [1.54, 1.807) is 4.90 Å². The van der Waals surface area contributed by atoms with Crippen molar-refractivity contribution >= 4 is 11.9 Å². The van der Waals surface area contributed by atoms with Gasteiger partial charge in [-0.25, -0.2) is 4.79 Å². The predicted molar refractivity (Wildman–Crippen MR) is 70.8 cm³/mol. The van der Waals surface area contributed by atoms with Crippen molar-refractivity contribution in [2.45, 2.75) is 31.3 Å². The van der Waals surface area contributed by atoms with Crippen molar-refractivity contribution in [3.63, 3.8) is 0 Å². The standard InChI is InChI=1S/C14H18N2O4/c1-15-9-2-3-10(15)8-16(7-6-9)13(17)11-4-5-12(20-11)14(18)19/h4-5,9-10H,2-3,6-8H2,1H3,(H,18,19). The molecule has 1 N–H and O–H groups in total. The molecule has 0 radical (unpaired) electrons. The Balaban J connectivity index is 1.75. The zero-order valence-corrected chi connectivity index (χ0v) is 11.4. The summed E-state index contributed by atoms with van der Waals surface area (Å²) in [5, 5.41) is 8.83. The number of carbonyl (C=O) groups excluding carboxylic acids is 1. The molecule has 6 heteroatoms. The van der Waals surface area contributed by atoms with E-state index in [0.29, 0.717) is 25.2 Å². The fourth-order valence-corrected chi connectivity index (χ4v) is 3.22. The lowest BCUT2D eigenvalue weighted by Crippen LogP contribution is -2.39. The Morgan fingerprint density at radius 1 is 1.20 bits per heavy atom. The third kappa shape index (κ3) is 2.20. The van der Waals surface area contributed by atoms with E-state index < -0.39 is 5.97 Å². The van der Waals surface area contributed by atoms with Gasteiger partial charge in [0.05, 0.1) is 0 Å². The lowest BCUT2D eigenvalue weighted by Gasteiger charge is -2.25. The highest BCUT2D eigenvalue weighted by Crippen LogP contribution is 2.29. The Morgan fingerprint density at radius 3 is 2.60 bits per heavy atom. The van der Waals surface area contributed by atoms with Gasteiger partial charge in [0.1, 0.15) is 0 Å². The molecule has 2 aliphatic rings. The smallest absolute Gasteiger partial charge is 0.371 e. The molecule has 1 amide bonds.